The van der Waals surface area contributed by atoms with Gasteiger partial charge in [0.05, 0.1) is 17.7 Å². The number of halogens is 3. The van der Waals surface area contributed by atoms with Crippen molar-refractivity contribution in [1.29, 1.82) is 0 Å². The van der Waals surface area contributed by atoms with Gasteiger partial charge in [0.15, 0.2) is 11.5 Å². The van der Waals surface area contributed by atoms with E-state index in [1.54, 1.807) is 26.2 Å². The Balaban J connectivity index is 2.83. The number of methoxy groups -OCH3 is 1. The average Bonchev–Trinajstić information content (AvgIpc) is 2.39. The quantitative estimate of drug-likeness (QED) is 0.692. The molecular formula is C13H18BrF2NO3. The summed E-state index contributed by atoms with van der Waals surface area (Å²) in [7, 11) is 1.63. The van der Waals surface area contributed by atoms with E-state index in [1.807, 2.05) is 0 Å². The van der Waals surface area contributed by atoms with Crippen LogP contribution in [0.4, 0.5) is 8.78 Å². The monoisotopic (exact) mass is 353 g/mol. The first-order chi connectivity index (χ1) is 9.58. The summed E-state index contributed by atoms with van der Waals surface area (Å²) in [6.07, 6.45) is 0. The summed E-state index contributed by atoms with van der Waals surface area (Å²) in [6, 6.07) is 3.41. The summed E-state index contributed by atoms with van der Waals surface area (Å²) in [5.41, 5.74) is 0.901. The Morgan fingerprint density at radius 2 is 2.10 bits per heavy atom. The van der Waals surface area contributed by atoms with Crippen molar-refractivity contribution in [2.75, 3.05) is 26.9 Å². The molecule has 114 valence electrons. The lowest BCUT2D eigenvalue weighted by Crippen LogP contribution is -2.18. The number of nitrogens with one attached hydrogen (secondary N) is 1. The fourth-order valence-electron chi connectivity index (χ4n) is 1.60. The molecule has 0 radical (unpaired) electrons. The molecule has 0 fully saturated rings. The van der Waals surface area contributed by atoms with Gasteiger partial charge in [0.25, 0.3) is 0 Å². The zero-order valence-electron chi connectivity index (χ0n) is 11.4. The van der Waals surface area contributed by atoms with Gasteiger partial charge in [-0.3, -0.25) is 0 Å². The first-order valence-corrected chi connectivity index (χ1v) is 6.97. The molecule has 1 N–H and O–H groups in total. The van der Waals surface area contributed by atoms with E-state index in [0.717, 1.165) is 5.56 Å². The van der Waals surface area contributed by atoms with Gasteiger partial charge in [-0.25, -0.2) is 0 Å². The van der Waals surface area contributed by atoms with Gasteiger partial charge in [0.1, 0.15) is 0 Å². The molecule has 0 saturated heterocycles. The highest BCUT2D eigenvalue weighted by atomic mass is 79.9. The normalized spacial score (nSPS) is 10.9. The molecule has 0 spiro atoms. The lowest BCUT2D eigenvalue weighted by atomic mass is 10.2. The summed E-state index contributed by atoms with van der Waals surface area (Å²) >= 11 is 3.23. The van der Waals surface area contributed by atoms with Gasteiger partial charge in [0.2, 0.25) is 0 Å². The molecule has 0 amide bonds. The molecule has 4 nitrogen and oxygen atoms in total. The van der Waals surface area contributed by atoms with Crippen LogP contribution in [0.2, 0.25) is 0 Å². The molecular weight excluding hydrogens is 336 g/mol. The van der Waals surface area contributed by atoms with Gasteiger partial charge in [-0.15, -0.1) is 0 Å². The molecule has 0 aliphatic rings. The molecule has 1 aromatic carbocycles. The standard InChI is InChI=1S/C13H18BrF2NO3/c1-3-19-11-7-9(8-17-4-5-18-2)6-10(14)12(11)20-13(15)16/h6-7,13,17H,3-5,8H2,1-2H3. The fraction of sp³-hybridized carbons (Fsp3) is 0.538. The number of ether oxygens (including phenoxy) is 3. The van der Waals surface area contributed by atoms with Crippen molar-refractivity contribution in [2.45, 2.75) is 20.1 Å². The molecule has 20 heavy (non-hydrogen) atoms. The summed E-state index contributed by atoms with van der Waals surface area (Å²) in [5.74, 6) is 0.313. The minimum absolute atomic E-state index is 0.0162. The summed E-state index contributed by atoms with van der Waals surface area (Å²) < 4.78 is 40.0. The minimum atomic E-state index is -2.89. The predicted molar refractivity (Wildman–Crippen MR) is 75.5 cm³/mol. The van der Waals surface area contributed by atoms with Crippen molar-refractivity contribution in [2.24, 2.45) is 0 Å². The molecule has 0 aliphatic heterocycles. The molecule has 1 aromatic rings. The van der Waals surface area contributed by atoms with E-state index in [1.165, 1.54) is 0 Å². The molecule has 0 atom stereocenters. The highest BCUT2D eigenvalue weighted by Gasteiger charge is 2.16. The van der Waals surface area contributed by atoms with Gasteiger partial charge < -0.3 is 19.5 Å². The molecule has 0 aromatic heterocycles. The third kappa shape index (κ3) is 5.60. The Hall–Kier alpha value is -0.920. The van der Waals surface area contributed by atoms with E-state index in [4.69, 9.17) is 9.47 Å². The zero-order valence-corrected chi connectivity index (χ0v) is 13.0. The Morgan fingerprint density at radius 1 is 1.35 bits per heavy atom. The van der Waals surface area contributed by atoms with Crippen LogP contribution in [0.25, 0.3) is 0 Å². The largest absolute Gasteiger partial charge is 0.490 e. The van der Waals surface area contributed by atoms with Crippen LogP contribution in [-0.2, 0) is 11.3 Å². The first kappa shape index (κ1) is 17.1. The van der Waals surface area contributed by atoms with Gasteiger partial charge in [0, 0.05) is 20.2 Å². The number of hydrogen-bond donors (Lipinski definition) is 1. The molecule has 0 saturated carbocycles. The van der Waals surface area contributed by atoms with E-state index < -0.39 is 6.61 Å². The highest BCUT2D eigenvalue weighted by Crippen LogP contribution is 2.37. The lowest BCUT2D eigenvalue weighted by Gasteiger charge is -2.15. The summed E-state index contributed by atoms with van der Waals surface area (Å²) in [4.78, 5) is 0. The third-order valence-corrected chi connectivity index (χ3v) is 2.98. The van der Waals surface area contributed by atoms with Crippen LogP contribution in [0.1, 0.15) is 12.5 Å². The van der Waals surface area contributed by atoms with Gasteiger partial charge in [-0.1, -0.05) is 0 Å². The van der Waals surface area contributed by atoms with Crippen LogP contribution in [0.5, 0.6) is 11.5 Å². The Bertz CT molecular complexity index is 419. The third-order valence-electron chi connectivity index (χ3n) is 2.39. The maximum atomic E-state index is 12.4. The van der Waals surface area contributed by atoms with Crippen molar-refractivity contribution in [3.8, 4) is 11.5 Å². The molecule has 0 bridgehead atoms. The maximum Gasteiger partial charge on any atom is 0.387 e. The van der Waals surface area contributed by atoms with Crippen LogP contribution in [0, 0.1) is 0 Å². The topological polar surface area (TPSA) is 39.7 Å². The van der Waals surface area contributed by atoms with Crippen molar-refractivity contribution in [3.05, 3.63) is 22.2 Å². The van der Waals surface area contributed by atoms with Crippen molar-refractivity contribution >= 4 is 15.9 Å². The summed E-state index contributed by atoms with van der Waals surface area (Å²) in [5, 5.41) is 3.17. The Kier molecular flexibility index (Phi) is 7.79. The fourth-order valence-corrected chi connectivity index (χ4v) is 2.18. The van der Waals surface area contributed by atoms with Crippen LogP contribution in [0.3, 0.4) is 0 Å². The van der Waals surface area contributed by atoms with E-state index in [9.17, 15) is 8.78 Å². The van der Waals surface area contributed by atoms with Crippen LogP contribution in [-0.4, -0.2) is 33.5 Å². The van der Waals surface area contributed by atoms with Gasteiger partial charge in [-0.2, -0.15) is 8.78 Å². The first-order valence-electron chi connectivity index (χ1n) is 6.18. The molecule has 0 unspecified atom stereocenters. The minimum Gasteiger partial charge on any atom is -0.490 e. The lowest BCUT2D eigenvalue weighted by molar-refractivity contribution is -0.0519. The number of hydrogen-bond acceptors (Lipinski definition) is 4. The second kappa shape index (κ2) is 9.10. The SMILES string of the molecule is CCOc1cc(CNCCOC)cc(Br)c1OC(F)F. The van der Waals surface area contributed by atoms with E-state index in [2.05, 4.69) is 26.0 Å². The van der Waals surface area contributed by atoms with Crippen LogP contribution in [0.15, 0.2) is 16.6 Å². The number of alkyl halides is 2. The average molecular weight is 354 g/mol. The number of benzene rings is 1. The van der Waals surface area contributed by atoms with Crippen LogP contribution < -0.4 is 14.8 Å². The van der Waals surface area contributed by atoms with E-state index >= 15 is 0 Å². The van der Waals surface area contributed by atoms with Gasteiger partial charge in [-0.05, 0) is 40.5 Å². The molecule has 0 aliphatic carbocycles. The highest BCUT2D eigenvalue weighted by molar-refractivity contribution is 9.10. The van der Waals surface area contributed by atoms with Crippen molar-refractivity contribution < 1.29 is 23.0 Å². The zero-order chi connectivity index (χ0) is 15.0. The second-order valence-electron chi connectivity index (χ2n) is 3.89. The van der Waals surface area contributed by atoms with Crippen molar-refractivity contribution in [3.63, 3.8) is 0 Å². The second-order valence-corrected chi connectivity index (χ2v) is 4.74. The summed E-state index contributed by atoms with van der Waals surface area (Å²) in [6.45, 7) is 1.14. The van der Waals surface area contributed by atoms with Crippen LogP contribution >= 0.6 is 15.9 Å². The van der Waals surface area contributed by atoms with E-state index in [0.29, 0.717) is 36.5 Å². The van der Waals surface area contributed by atoms with Gasteiger partial charge >= 0.3 is 6.61 Å². The Morgan fingerprint density at radius 3 is 2.70 bits per heavy atom. The molecule has 0 heterocycles. The Labute approximate surface area is 125 Å². The predicted octanol–water partition coefficient (Wildman–Crippen LogP) is 3.19. The smallest absolute Gasteiger partial charge is 0.387 e. The number of rotatable bonds is 9. The van der Waals surface area contributed by atoms with Crippen molar-refractivity contribution in [1.82, 2.24) is 5.32 Å². The van der Waals surface area contributed by atoms with E-state index in [-0.39, 0.29) is 5.75 Å². The maximum absolute atomic E-state index is 12.4. The molecule has 1 rings (SSSR count). The molecule has 7 heteroatoms.